The first-order valence-electron chi connectivity index (χ1n) is 4.88. The van der Waals surface area contributed by atoms with E-state index in [1.807, 2.05) is 30.3 Å². The SMILES string of the molecule is COP(=O)(OC)OC1=CCc2ccccc21. The van der Waals surface area contributed by atoms with E-state index in [4.69, 9.17) is 13.6 Å². The first-order chi connectivity index (χ1) is 7.68. The first-order valence-corrected chi connectivity index (χ1v) is 6.34. The van der Waals surface area contributed by atoms with Gasteiger partial charge in [-0.2, -0.15) is 0 Å². The van der Waals surface area contributed by atoms with Crippen LogP contribution in [0.15, 0.2) is 30.3 Å². The van der Waals surface area contributed by atoms with Gasteiger partial charge in [-0.1, -0.05) is 24.3 Å². The van der Waals surface area contributed by atoms with Gasteiger partial charge in [0, 0.05) is 19.8 Å². The molecule has 5 heteroatoms. The Morgan fingerprint density at radius 2 is 1.88 bits per heavy atom. The molecule has 0 atom stereocenters. The summed E-state index contributed by atoms with van der Waals surface area (Å²) < 4.78 is 26.6. The number of benzene rings is 1. The predicted octanol–water partition coefficient (Wildman–Crippen LogP) is 3.00. The minimum Gasteiger partial charge on any atom is -0.404 e. The van der Waals surface area contributed by atoms with Crippen LogP contribution in [0.2, 0.25) is 0 Å². The van der Waals surface area contributed by atoms with E-state index in [-0.39, 0.29) is 0 Å². The molecule has 86 valence electrons. The van der Waals surface area contributed by atoms with Crippen LogP contribution in [0.5, 0.6) is 0 Å². The maximum absolute atomic E-state index is 11.8. The summed E-state index contributed by atoms with van der Waals surface area (Å²) in [6.45, 7) is 0. The topological polar surface area (TPSA) is 44.8 Å². The molecule has 2 rings (SSSR count). The zero-order chi connectivity index (χ0) is 11.6. The van der Waals surface area contributed by atoms with Crippen molar-refractivity contribution in [1.29, 1.82) is 0 Å². The van der Waals surface area contributed by atoms with Gasteiger partial charge in [-0.15, -0.1) is 0 Å². The molecular weight excluding hydrogens is 227 g/mol. The second-order valence-corrected chi connectivity index (χ2v) is 5.14. The van der Waals surface area contributed by atoms with Crippen LogP contribution in [0, 0.1) is 0 Å². The van der Waals surface area contributed by atoms with Gasteiger partial charge < -0.3 is 4.52 Å². The van der Waals surface area contributed by atoms with E-state index in [2.05, 4.69) is 0 Å². The second kappa shape index (κ2) is 4.42. The van der Waals surface area contributed by atoms with E-state index in [0.717, 1.165) is 17.5 Å². The van der Waals surface area contributed by atoms with Gasteiger partial charge in [-0.05, 0) is 18.1 Å². The van der Waals surface area contributed by atoms with Crippen molar-refractivity contribution in [3.05, 3.63) is 41.5 Å². The van der Waals surface area contributed by atoms with Gasteiger partial charge in [0.05, 0.1) is 0 Å². The Labute approximate surface area is 94.5 Å². The fourth-order valence-electron chi connectivity index (χ4n) is 1.61. The summed E-state index contributed by atoms with van der Waals surface area (Å²) in [6, 6.07) is 7.80. The Morgan fingerprint density at radius 1 is 1.19 bits per heavy atom. The highest BCUT2D eigenvalue weighted by molar-refractivity contribution is 7.48. The molecule has 1 aromatic carbocycles. The summed E-state index contributed by atoms with van der Waals surface area (Å²) in [5.41, 5.74) is 2.09. The number of hydrogen-bond acceptors (Lipinski definition) is 4. The summed E-state index contributed by atoms with van der Waals surface area (Å²) in [4.78, 5) is 0. The van der Waals surface area contributed by atoms with Crippen molar-refractivity contribution < 1.29 is 18.1 Å². The van der Waals surface area contributed by atoms with Crippen LogP contribution in [-0.4, -0.2) is 14.2 Å². The molecule has 1 aromatic rings. The maximum Gasteiger partial charge on any atom is 0.529 e. The average molecular weight is 240 g/mol. The van der Waals surface area contributed by atoms with Crippen molar-refractivity contribution in [3.63, 3.8) is 0 Å². The lowest BCUT2D eigenvalue weighted by Crippen LogP contribution is -1.94. The number of rotatable bonds is 4. The van der Waals surface area contributed by atoms with Crippen LogP contribution in [-0.2, 0) is 24.6 Å². The molecule has 0 radical (unpaired) electrons. The molecule has 0 bridgehead atoms. The van der Waals surface area contributed by atoms with Crippen LogP contribution in [0.4, 0.5) is 0 Å². The van der Waals surface area contributed by atoms with Crippen LogP contribution in [0.25, 0.3) is 5.76 Å². The normalized spacial score (nSPS) is 14.5. The first kappa shape index (κ1) is 11.4. The fourth-order valence-corrected chi connectivity index (χ4v) is 2.32. The van der Waals surface area contributed by atoms with Crippen molar-refractivity contribution in [1.82, 2.24) is 0 Å². The molecule has 0 saturated heterocycles. The molecule has 0 N–H and O–H groups in total. The van der Waals surface area contributed by atoms with Gasteiger partial charge in [0.2, 0.25) is 0 Å². The smallest absolute Gasteiger partial charge is 0.404 e. The quantitative estimate of drug-likeness (QED) is 0.759. The summed E-state index contributed by atoms with van der Waals surface area (Å²) in [6.07, 6.45) is 2.65. The maximum atomic E-state index is 11.8. The number of fused-ring (bicyclic) bond motifs is 1. The minimum atomic E-state index is -3.45. The van der Waals surface area contributed by atoms with E-state index in [0.29, 0.717) is 5.76 Å². The highest BCUT2D eigenvalue weighted by Gasteiger charge is 2.28. The summed E-state index contributed by atoms with van der Waals surface area (Å²) in [5.74, 6) is 0.558. The fraction of sp³-hybridized carbons (Fsp3) is 0.273. The highest BCUT2D eigenvalue weighted by atomic mass is 31.2. The summed E-state index contributed by atoms with van der Waals surface area (Å²) in [7, 11) is -0.860. The molecule has 16 heavy (non-hydrogen) atoms. The third kappa shape index (κ3) is 2.05. The molecule has 0 spiro atoms. The number of phosphoric acid groups is 1. The van der Waals surface area contributed by atoms with Crippen LogP contribution >= 0.6 is 7.82 Å². The molecule has 4 nitrogen and oxygen atoms in total. The molecule has 1 aliphatic carbocycles. The molecule has 1 aliphatic rings. The van der Waals surface area contributed by atoms with Gasteiger partial charge in [-0.25, -0.2) is 4.57 Å². The Kier molecular flexibility index (Phi) is 3.15. The zero-order valence-electron chi connectivity index (χ0n) is 9.17. The molecule has 0 amide bonds. The molecule has 0 heterocycles. The van der Waals surface area contributed by atoms with Crippen LogP contribution < -0.4 is 0 Å². The number of phosphoric ester groups is 1. The van der Waals surface area contributed by atoms with Gasteiger partial charge in [0.15, 0.2) is 0 Å². The number of hydrogen-bond donors (Lipinski definition) is 0. The van der Waals surface area contributed by atoms with E-state index in [9.17, 15) is 4.57 Å². The second-order valence-electron chi connectivity index (χ2n) is 3.33. The third-order valence-electron chi connectivity index (χ3n) is 2.45. The van der Waals surface area contributed by atoms with Crippen LogP contribution in [0.3, 0.4) is 0 Å². The molecule has 0 aliphatic heterocycles. The Morgan fingerprint density at radius 3 is 2.56 bits per heavy atom. The average Bonchev–Trinajstić information content (AvgIpc) is 2.73. The zero-order valence-corrected chi connectivity index (χ0v) is 10.1. The predicted molar refractivity (Wildman–Crippen MR) is 60.8 cm³/mol. The van der Waals surface area contributed by atoms with Crippen molar-refractivity contribution >= 4 is 13.6 Å². The number of allylic oxidation sites excluding steroid dienone is 1. The standard InChI is InChI=1S/C11H13O4P/c1-13-16(12,14-2)15-11-8-7-9-5-3-4-6-10(9)11/h3-6,8H,7H2,1-2H3. The third-order valence-corrected chi connectivity index (χ3v) is 3.76. The molecule has 0 saturated carbocycles. The van der Waals surface area contributed by atoms with E-state index in [1.165, 1.54) is 14.2 Å². The van der Waals surface area contributed by atoms with Crippen molar-refractivity contribution in [2.45, 2.75) is 6.42 Å². The molecule has 0 unspecified atom stereocenters. The van der Waals surface area contributed by atoms with E-state index in [1.54, 1.807) is 0 Å². The Hall–Kier alpha value is -1.09. The van der Waals surface area contributed by atoms with Gasteiger partial charge in [-0.3, -0.25) is 9.05 Å². The van der Waals surface area contributed by atoms with Crippen molar-refractivity contribution in [2.24, 2.45) is 0 Å². The van der Waals surface area contributed by atoms with Crippen molar-refractivity contribution in [3.8, 4) is 0 Å². The Balaban J connectivity index is 2.23. The molecule has 0 fully saturated rings. The van der Waals surface area contributed by atoms with Crippen molar-refractivity contribution in [2.75, 3.05) is 14.2 Å². The lowest BCUT2D eigenvalue weighted by Gasteiger charge is -2.15. The largest absolute Gasteiger partial charge is 0.529 e. The lowest BCUT2D eigenvalue weighted by molar-refractivity contribution is 0.201. The van der Waals surface area contributed by atoms with Gasteiger partial charge in [0.1, 0.15) is 5.76 Å². The lowest BCUT2D eigenvalue weighted by atomic mass is 10.1. The van der Waals surface area contributed by atoms with Gasteiger partial charge in [0.25, 0.3) is 0 Å². The van der Waals surface area contributed by atoms with E-state index >= 15 is 0 Å². The monoisotopic (exact) mass is 240 g/mol. The van der Waals surface area contributed by atoms with Crippen LogP contribution in [0.1, 0.15) is 11.1 Å². The van der Waals surface area contributed by atoms with Gasteiger partial charge >= 0.3 is 7.82 Å². The molecule has 0 aromatic heterocycles. The highest BCUT2D eigenvalue weighted by Crippen LogP contribution is 2.52. The Bertz CT molecular complexity index is 459. The van der Waals surface area contributed by atoms with E-state index < -0.39 is 7.82 Å². The molecular formula is C11H13O4P. The summed E-state index contributed by atoms with van der Waals surface area (Å²) >= 11 is 0. The summed E-state index contributed by atoms with van der Waals surface area (Å²) in [5, 5.41) is 0. The minimum absolute atomic E-state index is 0.558.